The van der Waals surface area contributed by atoms with Crippen molar-refractivity contribution in [1.82, 2.24) is 4.90 Å². The second kappa shape index (κ2) is 5.05. The molecule has 1 aliphatic rings. The van der Waals surface area contributed by atoms with Gasteiger partial charge in [0.05, 0.1) is 0 Å². The average Bonchev–Trinajstić information content (AvgIpc) is 2.30. The van der Waals surface area contributed by atoms with E-state index in [0.29, 0.717) is 6.42 Å². The molecule has 0 spiro atoms. The van der Waals surface area contributed by atoms with E-state index in [4.69, 9.17) is 0 Å². The predicted molar refractivity (Wildman–Crippen MR) is 54.2 cm³/mol. The van der Waals surface area contributed by atoms with Gasteiger partial charge in [-0.3, -0.25) is 4.79 Å². The van der Waals surface area contributed by atoms with Crippen molar-refractivity contribution in [3.63, 3.8) is 0 Å². The SMILES string of the molecule is C=C(CCC)N1CCCCCC1=O. The Bertz CT molecular complexity index is 198. The van der Waals surface area contributed by atoms with Crippen LogP contribution in [0.1, 0.15) is 45.4 Å². The zero-order valence-electron chi connectivity index (χ0n) is 8.51. The van der Waals surface area contributed by atoms with Gasteiger partial charge in [0.2, 0.25) is 5.91 Å². The normalized spacial score (nSPS) is 18.5. The van der Waals surface area contributed by atoms with Gasteiger partial charge in [-0.15, -0.1) is 0 Å². The van der Waals surface area contributed by atoms with Gasteiger partial charge in [0, 0.05) is 18.7 Å². The number of rotatable bonds is 3. The van der Waals surface area contributed by atoms with Gasteiger partial charge >= 0.3 is 0 Å². The van der Waals surface area contributed by atoms with Gasteiger partial charge in [-0.1, -0.05) is 26.3 Å². The van der Waals surface area contributed by atoms with Crippen molar-refractivity contribution in [2.75, 3.05) is 6.54 Å². The lowest BCUT2D eigenvalue weighted by atomic mass is 10.2. The Balaban J connectivity index is 2.53. The summed E-state index contributed by atoms with van der Waals surface area (Å²) >= 11 is 0. The highest BCUT2D eigenvalue weighted by molar-refractivity contribution is 5.78. The number of carbonyl (C=O) groups is 1. The van der Waals surface area contributed by atoms with Crippen molar-refractivity contribution in [2.45, 2.75) is 45.4 Å². The van der Waals surface area contributed by atoms with Crippen LogP contribution in [0.15, 0.2) is 12.3 Å². The van der Waals surface area contributed by atoms with E-state index in [1.807, 2.05) is 4.90 Å². The van der Waals surface area contributed by atoms with Gasteiger partial charge in [0.25, 0.3) is 0 Å². The third-order valence-electron chi connectivity index (χ3n) is 2.49. The van der Waals surface area contributed by atoms with E-state index in [0.717, 1.165) is 37.9 Å². The molecule has 1 fully saturated rings. The smallest absolute Gasteiger partial charge is 0.226 e. The average molecular weight is 181 g/mol. The third-order valence-corrected chi connectivity index (χ3v) is 2.49. The maximum Gasteiger partial charge on any atom is 0.226 e. The molecular formula is C11H19NO. The molecule has 1 amide bonds. The Labute approximate surface area is 80.6 Å². The maximum absolute atomic E-state index is 11.6. The second-order valence-electron chi connectivity index (χ2n) is 3.67. The number of hydrogen-bond acceptors (Lipinski definition) is 1. The summed E-state index contributed by atoms with van der Waals surface area (Å²) in [7, 11) is 0. The van der Waals surface area contributed by atoms with Gasteiger partial charge in [0.1, 0.15) is 0 Å². The fourth-order valence-electron chi connectivity index (χ4n) is 1.74. The van der Waals surface area contributed by atoms with Crippen LogP contribution >= 0.6 is 0 Å². The lowest BCUT2D eigenvalue weighted by Gasteiger charge is -2.22. The summed E-state index contributed by atoms with van der Waals surface area (Å²) < 4.78 is 0. The molecule has 0 radical (unpaired) electrons. The highest BCUT2D eigenvalue weighted by atomic mass is 16.2. The van der Waals surface area contributed by atoms with Crippen LogP contribution in [-0.4, -0.2) is 17.4 Å². The fraction of sp³-hybridized carbons (Fsp3) is 0.727. The predicted octanol–water partition coefficient (Wildman–Crippen LogP) is 2.70. The van der Waals surface area contributed by atoms with E-state index >= 15 is 0 Å². The molecule has 0 bridgehead atoms. The molecule has 74 valence electrons. The van der Waals surface area contributed by atoms with Gasteiger partial charge < -0.3 is 4.90 Å². The van der Waals surface area contributed by atoms with Gasteiger partial charge in [-0.25, -0.2) is 0 Å². The minimum atomic E-state index is 0.274. The summed E-state index contributed by atoms with van der Waals surface area (Å²) in [5.74, 6) is 0.274. The topological polar surface area (TPSA) is 20.3 Å². The van der Waals surface area contributed by atoms with E-state index in [-0.39, 0.29) is 5.91 Å². The molecule has 0 aromatic rings. The van der Waals surface area contributed by atoms with E-state index in [1.54, 1.807) is 0 Å². The molecule has 1 heterocycles. The lowest BCUT2D eigenvalue weighted by molar-refractivity contribution is -0.128. The minimum absolute atomic E-state index is 0.274. The maximum atomic E-state index is 11.6. The van der Waals surface area contributed by atoms with Crippen LogP contribution < -0.4 is 0 Å². The van der Waals surface area contributed by atoms with Crippen molar-refractivity contribution in [2.24, 2.45) is 0 Å². The Kier molecular flexibility index (Phi) is 4.00. The summed E-state index contributed by atoms with van der Waals surface area (Å²) in [5, 5.41) is 0. The molecule has 2 heteroatoms. The van der Waals surface area contributed by atoms with Crippen LogP contribution in [0, 0.1) is 0 Å². The quantitative estimate of drug-likeness (QED) is 0.655. The molecule has 1 saturated heterocycles. The molecule has 0 atom stereocenters. The Morgan fingerprint density at radius 2 is 2.23 bits per heavy atom. The lowest BCUT2D eigenvalue weighted by Crippen LogP contribution is -2.29. The summed E-state index contributed by atoms with van der Waals surface area (Å²) in [5.41, 5.74) is 1.01. The molecule has 0 unspecified atom stereocenters. The minimum Gasteiger partial charge on any atom is -0.317 e. The van der Waals surface area contributed by atoms with Crippen LogP contribution in [0.25, 0.3) is 0 Å². The van der Waals surface area contributed by atoms with Crippen molar-refractivity contribution in [3.8, 4) is 0 Å². The van der Waals surface area contributed by atoms with Gasteiger partial charge in [-0.05, 0) is 19.3 Å². The fourth-order valence-corrected chi connectivity index (χ4v) is 1.74. The molecule has 13 heavy (non-hydrogen) atoms. The Morgan fingerprint density at radius 3 is 2.92 bits per heavy atom. The molecule has 1 aliphatic heterocycles. The largest absolute Gasteiger partial charge is 0.317 e. The van der Waals surface area contributed by atoms with E-state index in [1.165, 1.54) is 6.42 Å². The monoisotopic (exact) mass is 181 g/mol. The highest BCUT2D eigenvalue weighted by Crippen LogP contribution is 2.17. The molecular weight excluding hydrogens is 162 g/mol. The number of hydrogen-bond donors (Lipinski definition) is 0. The second-order valence-corrected chi connectivity index (χ2v) is 3.67. The zero-order valence-corrected chi connectivity index (χ0v) is 8.51. The number of carbonyl (C=O) groups excluding carboxylic acids is 1. The first-order chi connectivity index (χ1) is 6.25. The van der Waals surface area contributed by atoms with Crippen LogP contribution in [0.3, 0.4) is 0 Å². The van der Waals surface area contributed by atoms with Crippen LogP contribution in [0.4, 0.5) is 0 Å². The van der Waals surface area contributed by atoms with Gasteiger partial charge in [-0.2, -0.15) is 0 Å². The van der Waals surface area contributed by atoms with Crippen molar-refractivity contribution >= 4 is 5.91 Å². The molecule has 0 aliphatic carbocycles. The van der Waals surface area contributed by atoms with E-state index < -0.39 is 0 Å². The van der Waals surface area contributed by atoms with E-state index in [2.05, 4.69) is 13.5 Å². The van der Waals surface area contributed by atoms with Crippen molar-refractivity contribution in [1.29, 1.82) is 0 Å². The van der Waals surface area contributed by atoms with Crippen LogP contribution in [0.2, 0.25) is 0 Å². The standard InChI is InChI=1S/C11H19NO/c1-3-7-10(2)12-9-6-4-5-8-11(12)13/h2-9H2,1H3. The molecule has 0 N–H and O–H groups in total. The van der Waals surface area contributed by atoms with E-state index in [9.17, 15) is 4.79 Å². The third kappa shape index (κ3) is 2.87. The van der Waals surface area contributed by atoms with Crippen molar-refractivity contribution in [3.05, 3.63) is 12.3 Å². The zero-order chi connectivity index (χ0) is 9.68. The molecule has 0 aromatic carbocycles. The molecule has 0 aromatic heterocycles. The number of nitrogens with zero attached hydrogens (tertiary/aromatic N) is 1. The first-order valence-corrected chi connectivity index (χ1v) is 5.24. The summed E-state index contributed by atoms with van der Waals surface area (Å²) in [6.07, 6.45) is 6.10. The first-order valence-electron chi connectivity index (χ1n) is 5.24. The summed E-state index contributed by atoms with van der Waals surface area (Å²) in [4.78, 5) is 13.5. The van der Waals surface area contributed by atoms with Crippen LogP contribution in [-0.2, 0) is 4.79 Å². The first kappa shape index (κ1) is 10.3. The number of amides is 1. The summed E-state index contributed by atoms with van der Waals surface area (Å²) in [6.45, 7) is 6.97. The number of allylic oxidation sites excluding steroid dienone is 1. The Hall–Kier alpha value is -0.790. The number of likely N-dealkylation sites (tertiary alicyclic amines) is 1. The highest BCUT2D eigenvalue weighted by Gasteiger charge is 2.17. The molecule has 1 rings (SSSR count). The van der Waals surface area contributed by atoms with Gasteiger partial charge in [0.15, 0.2) is 0 Å². The Morgan fingerprint density at radius 1 is 1.46 bits per heavy atom. The van der Waals surface area contributed by atoms with Crippen molar-refractivity contribution < 1.29 is 4.79 Å². The molecule has 0 saturated carbocycles. The molecule has 2 nitrogen and oxygen atoms in total. The summed E-state index contributed by atoms with van der Waals surface area (Å²) in [6, 6.07) is 0. The van der Waals surface area contributed by atoms with Crippen LogP contribution in [0.5, 0.6) is 0 Å².